The monoisotopic (exact) mass is 366 g/mol. The van der Waals surface area contributed by atoms with E-state index in [0.29, 0.717) is 28.1 Å². The first-order chi connectivity index (χ1) is 11.4. The molecule has 0 bridgehead atoms. The SMILES string of the molecule is CCOC(=O)c1c(NC(=S)Nc2cc(C)n(C)n2)sc(C)c1CC. The molecular formula is C16H22N4O2S2. The van der Waals surface area contributed by atoms with Crippen molar-refractivity contribution in [1.82, 2.24) is 9.78 Å². The van der Waals surface area contributed by atoms with E-state index in [9.17, 15) is 4.79 Å². The van der Waals surface area contributed by atoms with Gasteiger partial charge in [0.1, 0.15) is 5.00 Å². The minimum atomic E-state index is -0.322. The van der Waals surface area contributed by atoms with Gasteiger partial charge >= 0.3 is 5.97 Å². The maximum Gasteiger partial charge on any atom is 0.341 e. The number of esters is 1. The van der Waals surface area contributed by atoms with Crippen molar-refractivity contribution in [3.8, 4) is 0 Å². The Morgan fingerprint density at radius 1 is 1.38 bits per heavy atom. The Morgan fingerprint density at radius 3 is 2.62 bits per heavy atom. The van der Waals surface area contributed by atoms with E-state index in [1.54, 1.807) is 11.6 Å². The molecule has 0 aliphatic rings. The first kappa shape index (κ1) is 18.4. The molecule has 0 aromatic carbocycles. The first-order valence-electron chi connectivity index (χ1n) is 7.75. The average Bonchev–Trinajstić information content (AvgIpc) is 2.98. The summed E-state index contributed by atoms with van der Waals surface area (Å²) in [5.74, 6) is 0.340. The molecule has 2 N–H and O–H groups in total. The molecule has 0 atom stereocenters. The van der Waals surface area contributed by atoms with Crippen molar-refractivity contribution in [2.75, 3.05) is 17.2 Å². The van der Waals surface area contributed by atoms with E-state index < -0.39 is 0 Å². The summed E-state index contributed by atoms with van der Waals surface area (Å²) in [6, 6.07) is 1.90. The lowest BCUT2D eigenvalue weighted by Gasteiger charge is -2.10. The summed E-state index contributed by atoms with van der Waals surface area (Å²) in [5, 5.41) is 11.6. The van der Waals surface area contributed by atoms with Crippen molar-refractivity contribution in [3.63, 3.8) is 0 Å². The molecule has 0 aliphatic heterocycles. The van der Waals surface area contributed by atoms with Gasteiger partial charge in [0.2, 0.25) is 0 Å². The van der Waals surface area contributed by atoms with E-state index in [1.807, 2.05) is 33.9 Å². The third-order valence-corrected chi connectivity index (χ3v) is 4.89. The van der Waals surface area contributed by atoms with Crippen molar-refractivity contribution < 1.29 is 9.53 Å². The number of nitrogens with zero attached hydrogens (tertiary/aromatic N) is 2. The summed E-state index contributed by atoms with van der Waals surface area (Å²) in [7, 11) is 1.87. The quantitative estimate of drug-likeness (QED) is 0.622. The molecule has 8 heteroatoms. The van der Waals surface area contributed by atoms with Gasteiger partial charge in [-0.2, -0.15) is 5.10 Å². The van der Waals surface area contributed by atoms with Crippen molar-refractivity contribution in [2.45, 2.75) is 34.1 Å². The minimum Gasteiger partial charge on any atom is -0.462 e. The first-order valence-corrected chi connectivity index (χ1v) is 8.97. The number of carbonyl (C=O) groups is 1. The second kappa shape index (κ2) is 7.76. The van der Waals surface area contributed by atoms with Crippen LogP contribution in [0.4, 0.5) is 10.8 Å². The number of carbonyl (C=O) groups excluding carboxylic acids is 1. The topological polar surface area (TPSA) is 68.2 Å². The predicted octanol–water partition coefficient (Wildman–Crippen LogP) is 3.65. The number of hydrogen-bond acceptors (Lipinski definition) is 5. The molecule has 0 saturated carbocycles. The molecule has 0 spiro atoms. The Labute approximate surface area is 151 Å². The number of aromatic nitrogens is 2. The molecule has 0 aliphatic carbocycles. The lowest BCUT2D eigenvalue weighted by atomic mass is 10.1. The Morgan fingerprint density at radius 2 is 2.08 bits per heavy atom. The highest BCUT2D eigenvalue weighted by molar-refractivity contribution is 7.80. The standard InChI is InChI=1S/C16H22N4O2S2/c1-6-11-10(4)24-14(13(11)15(21)22-7-2)18-16(23)17-12-8-9(3)20(5)19-12/h8H,6-7H2,1-5H3,(H2,17,18,19,23). The van der Waals surface area contributed by atoms with Crippen LogP contribution in [0.1, 0.15) is 40.3 Å². The van der Waals surface area contributed by atoms with Gasteiger partial charge < -0.3 is 15.4 Å². The molecule has 0 saturated heterocycles. The van der Waals surface area contributed by atoms with Gasteiger partial charge in [-0.05, 0) is 45.0 Å². The summed E-state index contributed by atoms with van der Waals surface area (Å²) >= 11 is 6.86. The third-order valence-electron chi connectivity index (χ3n) is 3.62. The number of aryl methyl sites for hydroxylation is 3. The number of anilines is 2. The summed E-state index contributed by atoms with van der Waals surface area (Å²) in [5.41, 5.74) is 2.59. The van der Waals surface area contributed by atoms with Crippen LogP contribution in [-0.4, -0.2) is 27.5 Å². The summed E-state index contributed by atoms with van der Waals surface area (Å²) in [6.45, 7) is 8.12. The molecule has 24 heavy (non-hydrogen) atoms. The highest BCUT2D eigenvalue weighted by Gasteiger charge is 2.22. The second-order valence-electron chi connectivity index (χ2n) is 5.29. The zero-order valence-electron chi connectivity index (χ0n) is 14.5. The van der Waals surface area contributed by atoms with E-state index >= 15 is 0 Å². The van der Waals surface area contributed by atoms with Crippen LogP contribution in [-0.2, 0) is 18.2 Å². The summed E-state index contributed by atoms with van der Waals surface area (Å²) in [6.07, 6.45) is 0.762. The predicted molar refractivity (Wildman–Crippen MR) is 102 cm³/mol. The van der Waals surface area contributed by atoms with Gasteiger partial charge in [-0.3, -0.25) is 4.68 Å². The van der Waals surface area contributed by atoms with E-state index in [-0.39, 0.29) is 5.97 Å². The molecule has 2 aromatic rings. The van der Waals surface area contributed by atoms with E-state index in [2.05, 4.69) is 15.7 Å². The number of hydrogen-bond donors (Lipinski definition) is 2. The largest absolute Gasteiger partial charge is 0.462 e. The molecule has 2 aromatic heterocycles. The van der Waals surface area contributed by atoms with Crippen LogP contribution in [0.5, 0.6) is 0 Å². The fourth-order valence-electron chi connectivity index (χ4n) is 2.38. The smallest absolute Gasteiger partial charge is 0.341 e. The van der Waals surface area contributed by atoms with Crippen molar-refractivity contribution in [3.05, 3.63) is 27.8 Å². The van der Waals surface area contributed by atoms with Crippen LogP contribution < -0.4 is 10.6 Å². The van der Waals surface area contributed by atoms with Gasteiger partial charge in [0.25, 0.3) is 0 Å². The van der Waals surface area contributed by atoms with Gasteiger partial charge in [-0.25, -0.2) is 4.79 Å². The Hall–Kier alpha value is -1.93. The zero-order chi connectivity index (χ0) is 17.9. The lowest BCUT2D eigenvalue weighted by molar-refractivity contribution is 0.0527. The molecule has 0 radical (unpaired) electrons. The van der Waals surface area contributed by atoms with Crippen LogP contribution in [0.15, 0.2) is 6.07 Å². The van der Waals surface area contributed by atoms with Crippen molar-refractivity contribution in [2.24, 2.45) is 7.05 Å². The Balaban J connectivity index is 2.22. The fraction of sp³-hybridized carbons (Fsp3) is 0.438. The third kappa shape index (κ3) is 3.93. The van der Waals surface area contributed by atoms with Crippen LogP contribution in [0.25, 0.3) is 0 Å². The number of rotatable bonds is 5. The van der Waals surface area contributed by atoms with Gasteiger partial charge in [0, 0.05) is 23.7 Å². The van der Waals surface area contributed by atoms with Gasteiger partial charge in [0.15, 0.2) is 10.9 Å². The second-order valence-corrected chi connectivity index (χ2v) is 6.92. The van der Waals surface area contributed by atoms with Gasteiger partial charge in [0.05, 0.1) is 12.2 Å². The van der Waals surface area contributed by atoms with E-state index in [1.165, 1.54) is 11.3 Å². The van der Waals surface area contributed by atoms with Crippen LogP contribution >= 0.6 is 23.6 Å². The Bertz CT molecular complexity index is 745. The molecule has 130 valence electrons. The fourth-order valence-corrected chi connectivity index (χ4v) is 3.79. The van der Waals surface area contributed by atoms with Crippen LogP contribution in [0, 0.1) is 13.8 Å². The number of nitrogens with one attached hydrogen (secondary N) is 2. The Kier molecular flexibility index (Phi) is 5.95. The van der Waals surface area contributed by atoms with Crippen molar-refractivity contribution in [1.29, 1.82) is 0 Å². The molecule has 2 rings (SSSR count). The maximum absolute atomic E-state index is 12.3. The highest BCUT2D eigenvalue weighted by atomic mass is 32.1. The maximum atomic E-state index is 12.3. The van der Waals surface area contributed by atoms with Crippen LogP contribution in [0.2, 0.25) is 0 Å². The molecule has 0 unspecified atom stereocenters. The summed E-state index contributed by atoms with van der Waals surface area (Å²) in [4.78, 5) is 13.4. The molecule has 2 heterocycles. The normalized spacial score (nSPS) is 10.5. The number of thiocarbonyl (C=S) groups is 1. The van der Waals surface area contributed by atoms with Gasteiger partial charge in [-0.1, -0.05) is 6.92 Å². The molecule has 0 fully saturated rings. The van der Waals surface area contributed by atoms with E-state index in [0.717, 1.165) is 22.6 Å². The molecule has 0 amide bonds. The van der Waals surface area contributed by atoms with Gasteiger partial charge in [-0.15, -0.1) is 11.3 Å². The number of thiophene rings is 1. The average molecular weight is 367 g/mol. The lowest BCUT2D eigenvalue weighted by Crippen LogP contribution is -2.20. The minimum absolute atomic E-state index is 0.322. The van der Waals surface area contributed by atoms with Crippen LogP contribution in [0.3, 0.4) is 0 Å². The zero-order valence-corrected chi connectivity index (χ0v) is 16.2. The highest BCUT2D eigenvalue weighted by Crippen LogP contribution is 2.34. The molecular weight excluding hydrogens is 344 g/mol. The number of ether oxygens (including phenoxy) is 1. The molecule has 6 nitrogen and oxygen atoms in total. The van der Waals surface area contributed by atoms with Crippen molar-refractivity contribution >= 4 is 45.5 Å². The van der Waals surface area contributed by atoms with E-state index in [4.69, 9.17) is 17.0 Å². The summed E-state index contributed by atoms with van der Waals surface area (Å²) < 4.78 is 6.96.